The highest BCUT2D eigenvalue weighted by Crippen LogP contribution is 2.31. The van der Waals surface area contributed by atoms with Crippen LogP contribution in [0, 0.1) is 0 Å². The molecule has 0 amide bonds. The van der Waals surface area contributed by atoms with Crippen LogP contribution in [0.25, 0.3) is 11.3 Å². The van der Waals surface area contributed by atoms with E-state index in [2.05, 4.69) is 16.6 Å². The summed E-state index contributed by atoms with van der Waals surface area (Å²) in [5.41, 5.74) is 0.0938. The summed E-state index contributed by atoms with van der Waals surface area (Å²) >= 11 is 0. The van der Waals surface area contributed by atoms with Crippen molar-refractivity contribution in [2.45, 2.75) is 18.0 Å². The fraction of sp³-hybridized carbons (Fsp3) is 0.176. The molecule has 0 aliphatic carbocycles. The lowest BCUT2D eigenvalue weighted by Gasteiger charge is -2.09. The number of aromatic nitrogens is 2. The van der Waals surface area contributed by atoms with Gasteiger partial charge in [-0.15, -0.1) is 0 Å². The van der Waals surface area contributed by atoms with Crippen LogP contribution in [0.15, 0.2) is 58.6 Å². The zero-order chi connectivity index (χ0) is 20.4. The minimum absolute atomic E-state index is 0.0146. The molecule has 2 N–H and O–H groups in total. The molecule has 0 saturated carbocycles. The lowest BCUT2D eigenvalue weighted by atomic mass is 10.2. The van der Waals surface area contributed by atoms with E-state index in [0.29, 0.717) is 11.1 Å². The van der Waals surface area contributed by atoms with Gasteiger partial charge < -0.3 is 0 Å². The number of benzene rings is 1. The summed E-state index contributed by atoms with van der Waals surface area (Å²) in [6.07, 6.45) is -0.910. The van der Waals surface area contributed by atoms with Gasteiger partial charge in [0.1, 0.15) is 5.82 Å². The first kappa shape index (κ1) is 20.6. The first-order valence-corrected chi connectivity index (χ1v) is 9.07. The molecule has 1 heterocycles. The van der Waals surface area contributed by atoms with Crippen molar-refractivity contribution in [2.75, 3.05) is 7.05 Å². The van der Waals surface area contributed by atoms with E-state index in [0.717, 1.165) is 6.20 Å². The Balaban J connectivity index is 2.71. The van der Waals surface area contributed by atoms with Crippen molar-refractivity contribution in [1.82, 2.24) is 9.55 Å². The smallest absolute Gasteiger partial charge is 0.299 e. The van der Waals surface area contributed by atoms with Gasteiger partial charge in [0.05, 0.1) is 4.90 Å². The average Bonchev–Trinajstić information content (AvgIpc) is 2.99. The van der Waals surface area contributed by atoms with Crippen molar-refractivity contribution in [1.29, 1.82) is 0 Å². The van der Waals surface area contributed by atoms with E-state index < -0.39 is 21.9 Å². The molecule has 0 fully saturated rings. The Labute approximate surface area is 154 Å². The molecular formula is C17H17F3N4O2S. The van der Waals surface area contributed by atoms with Gasteiger partial charge in [0.15, 0.2) is 5.69 Å². The first-order valence-electron chi connectivity index (χ1n) is 7.53. The van der Waals surface area contributed by atoms with Crippen LogP contribution < -0.4 is 5.14 Å². The number of primary sulfonamides is 1. The van der Waals surface area contributed by atoms with E-state index in [1.54, 1.807) is 13.0 Å². The minimum Gasteiger partial charge on any atom is -0.299 e. The fourth-order valence-corrected chi connectivity index (χ4v) is 2.79. The zero-order valence-corrected chi connectivity index (χ0v) is 15.3. The highest BCUT2D eigenvalue weighted by Gasteiger charge is 2.35. The van der Waals surface area contributed by atoms with Crippen molar-refractivity contribution < 1.29 is 21.6 Å². The third-order valence-corrected chi connectivity index (χ3v) is 4.30. The number of alkyl halides is 3. The molecule has 1 aromatic heterocycles. The van der Waals surface area contributed by atoms with E-state index in [1.165, 1.54) is 42.1 Å². The second-order valence-electron chi connectivity index (χ2n) is 5.69. The second-order valence-corrected chi connectivity index (χ2v) is 7.25. The molecule has 0 atom stereocenters. The number of halogens is 3. The lowest BCUT2D eigenvalue weighted by Crippen LogP contribution is -2.12. The van der Waals surface area contributed by atoms with Crippen molar-refractivity contribution in [2.24, 2.45) is 10.1 Å². The van der Waals surface area contributed by atoms with Crippen molar-refractivity contribution in [3.8, 4) is 5.69 Å². The number of nitrogens with zero attached hydrogens (tertiary/aromatic N) is 3. The zero-order valence-electron chi connectivity index (χ0n) is 14.5. The van der Waals surface area contributed by atoms with Crippen LogP contribution in [0.5, 0.6) is 0 Å². The lowest BCUT2D eigenvalue weighted by molar-refractivity contribution is -0.140. The molecule has 2 aromatic rings. The Kier molecular flexibility index (Phi) is 5.71. The minimum atomic E-state index is -4.65. The van der Waals surface area contributed by atoms with E-state index in [4.69, 9.17) is 5.14 Å². The maximum atomic E-state index is 13.2. The van der Waals surface area contributed by atoms with Crippen LogP contribution in [-0.2, 0) is 16.2 Å². The molecule has 0 unspecified atom stereocenters. The van der Waals surface area contributed by atoms with Gasteiger partial charge in [-0.25, -0.2) is 18.5 Å². The number of nitrogens with two attached hydrogens (primary N) is 1. The SMILES string of the molecule is C=C(C)/C=C(\C=NC)c1nc(C(F)(F)F)cn1-c1ccc(S(N)(=O)=O)cc1. The molecular weight excluding hydrogens is 381 g/mol. The summed E-state index contributed by atoms with van der Waals surface area (Å²) in [6, 6.07) is 5.09. The van der Waals surface area contributed by atoms with Crippen LogP contribution >= 0.6 is 0 Å². The second kappa shape index (κ2) is 7.49. The number of aliphatic imine (C=N–C) groups is 1. The van der Waals surface area contributed by atoms with Gasteiger partial charge in [0.25, 0.3) is 0 Å². The van der Waals surface area contributed by atoms with Crippen LogP contribution in [0.4, 0.5) is 13.2 Å². The molecule has 0 spiro atoms. The molecule has 2 rings (SSSR count). The highest BCUT2D eigenvalue weighted by atomic mass is 32.2. The maximum absolute atomic E-state index is 13.2. The van der Waals surface area contributed by atoms with Gasteiger partial charge in [-0.2, -0.15) is 13.2 Å². The standard InChI is InChI=1S/C17H17F3N4O2S/c1-11(2)8-12(9-22-3)16-23-15(17(18,19)20)10-24(16)13-4-6-14(7-5-13)27(21,25)26/h4-10H,1H2,2-3H3,(H2,21,25,26)/b12-8+,22-9?. The molecule has 0 bridgehead atoms. The number of sulfonamides is 1. The Hall–Kier alpha value is -2.72. The Morgan fingerprint density at radius 3 is 2.33 bits per heavy atom. The van der Waals surface area contributed by atoms with Crippen molar-refractivity contribution in [3.63, 3.8) is 0 Å². The normalized spacial score (nSPS) is 13.3. The number of imidazole rings is 1. The van der Waals surface area contributed by atoms with E-state index >= 15 is 0 Å². The van der Waals surface area contributed by atoms with E-state index in [-0.39, 0.29) is 16.4 Å². The van der Waals surface area contributed by atoms with E-state index in [1.807, 2.05) is 0 Å². The van der Waals surface area contributed by atoms with Crippen molar-refractivity contribution >= 4 is 21.8 Å². The average molecular weight is 398 g/mol. The number of allylic oxidation sites excluding steroid dienone is 3. The maximum Gasteiger partial charge on any atom is 0.434 e. The predicted octanol–water partition coefficient (Wildman–Crippen LogP) is 3.20. The predicted molar refractivity (Wildman–Crippen MR) is 97.1 cm³/mol. The number of rotatable bonds is 5. The van der Waals surface area contributed by atoms with Gasteiger partial charge >= 0.3 is 6.18 Å². The Morgan fingerprint density at radius 2 is 1.89 bits per heavy atom. The van der Waals surface area contributed by atoms with Crippen LogP contribution in [0.2, 0.25) is 0 Å². The summed E-state index contributed by atoms with van der Waals surface area (Å²) in [6.45, 7) is 5.40. The molecule has 27 heavy (non-hydrogen) atoms. The quantitative estimate of drug-likeness (QED) is 0.619. The molecule has 0 radical (unpaired) electrons. The third-order valence-electron chi connectivity index (χ3n) is 3.37. The van der Waals surface area contributed by atoms with E-state index in [9.17, 15) is 21.6 Å². The molecule has 144 valence electrons. The summed E-state index contributed by atoms with van der Waals surface area (Å²) in [5, 5.41) is 5.05. The monoisotopic (exact) mass is 398 g/mol. The van der Waals surface area contributed by atoms with Crippen molar-refractivity contribution in [3.05, 3.63) is 60.2 Å². The number of hydrogen-bond acceptors (Lipinski definition) is 4. The summed E-state index contributed by atoms with van der Waals surface area (Å²) in [7, 11) is -2.44. The summed E-state index contributed by atoms with van der Waals surface area (Å²) in [4.78, 5) is 7.39. The van der Waals surface area contributed by atoms with Crippen LogP contribution in [0.3, 0.4) is 0 Å². The summed E-state index contributed by atoms with van der Waals surface area (Å²) < 4.78 is 63.5. The van der Waals surface area contributed by atoms with Gasteiger partial charge in [0.2, 0.25) is 10.0 Å². The van der Waals surface area contributed by atoms with Gasteiger partial charge in [0, 0.05) is 30.7 Å². The van der Waals surface area contributed by atoms with Crippen LogP contribution in [-0.4, -0.2) is 31.2 Å². The molecule has 0 aliphatic heterocycles. The number of hydrogen-bond donors (Lipinski definition) is 1. The fourth-order valence-electron chi connectivity index (χ4n) is 2.28. The third kappa shape index (κ3) is 4.92. The molecule has 0 aliphatic rings. The summed E-state index contributed by atoms with van der Waals surface area (Å²) in [5.74, 6) is -0.0146. The largest absolute Gasteiger partial charge is 0.434 e. The van der Waals surface area contributed by atoms with Gasteiger partial charge in [-0.05, 0) is 37.3 Å². The Morgan fingerprint density at radius 1 is 1.30 bits per heavy atom. The topological polar surface area (TPSA) is 90.3 Å². The Bertz CT molecular complexity index is 1020. The first-order chi connectivity index (χ1) is 12.4. The van der Waals surface area contributed by atoms with Gasteiger partial charge in [-0.3, -0.25) is 9.56 Å². The van der Waals surface area contributed by atoms with Gasteiger partial charge in [-0.1, -0.05) is 12.2 Å². The molecule has 10 heteroatoms. The molecule has 6 nitrogen and oxygen atoms in total. The van der Waals surface area contributed by atoms with Crippen LogP contribution in [0.1, 0.15) is 18.4 Å². The molecule has 1 aromatic carbocycles. The highest BCUT2D eigenvalue weighted by molar-refractivity contribution is 7.89. The molecule has 0 saturated heterocycles.